The molecule has 7 heterocycles. The van der Waals surface area contributed by atoms with Crippen molar-refractivity contribution in [3.8, 4) is 10.4 Å². The Bertz CT molecular complexity index is 2950. The molecule has 2 aromatic carbocycles. The lowest BCUT2D eigenvalue weighted by Crippen LogP contribution is -2.66. The molecule has 5 saturated heterocycles. The minimum Gasteiger partial charge on any atom is -0.391 e. The van der Waals surface area contributed by atoms with Crippen molar-refractivity contribution in [2.24, 2.45) is 22.7 Å². The maximum absolute atomic E-state index is 15.7. The van der Waals surface area contributed by atoms with Crippen LogP contribution in [0.1, 0.15) is 109 Å². The van der Waals surface area contributed by atoms with Crippen molar-refractivity contribution in [2.45, 2.75) is 136 Å². The molecule has 5 N–H and O–H groups in total. The van der Waals surface area contributed by atoms with Crippen molar-refractivity contribution in [1.82, 2.24) is 45.6 Å². The number of likely N-dealkylation sites (tertiary alicyclic amines) is 3. The number of fused-ring (bicyclic) bond motifs is 1. The molecule has 22 heteroatoms. The average molecular weight is 1180 g/mol. The largest absolute Gasteiger partial charge is 0.391 e. The van der Waals surface area contributed by atoms with Gasteiger partial charge in [0.05, 0.1) is 65.3 Å². The second-order valence-electron chi connectivity index (χ2n) is 26.4. The van der Waals surface area contributed by atoms with E-state index in [-0.39, 0.29) is 61.2 Å². The lowest BCUT2D eigenvalue weighted by molar-refractivity contribution is -0.145. The molecule has 0 bridgehead atoms. The Hall–Kier alpha value is -5.91. The lowest BCUT2D eigenvalue weighted by Gasteiger charge is -2.48. The Morgan fingerprint density at radius 1 is 0.881 bits per heavy atom. The summed E-state index contributed by atoms with van der Waals surface area (Å²) in [7, 11) is 0. The first-order valence-electron chi connectivity index (χ1n) is 30.1. The molecule has 10 rings (SSSR count). The molecule has 4 aromatic rings. The van der Waals surface area contributed by atoms with Crippen LogP contribution in [0.15, 0.2) is 54.3 Å². The molecule has 1 unspecified atom stereocenters. The summed E-state index contributed by atoms with van der Waals surface area (Å²) in [4.78, 5) is 78.9. The van der Waals surface area contributed by atoms with Crippen LogP contribution in [0.4, 0.5) is 26.1 Å². The van der Waals surface area contributed by atoms with Crippen molar-refractivity contribution < 1.29 is 42.5 Å². The Kier molecular flexibility index (Phi) is 18.9. The number of anilines is 3. The summed E-state index contributed by atoms with van der Waals surface area (Å²) in [6.45, 7) is 21.7. The predicted octanol–water partition coefficient (Wildman–Crippen LogP) is 6.31. The van der Waals surface area contributed by atoms with Crippen LogP contribution < -0.4 is 31.1 Å². The van der Waals surface area contributed by atoms with Crippen LogP contribution in [0.25, 0.3) is 10.4 Å². The van der Waals surface area contributed by atoms with Gasteiger partial charge in [0.2, 0.25) is 23.6 Å². The number of piperazine rings is 1. The molecule has 0 radical (unpaired) electrons. The van der Waals surface area contributed by atoms with Gasteiger partial charge in [0.15, 0.2) is 0 Å². The molecule has 7 atom stereocenters. The number of rotatable bonds is 20. The number of aromatic nitrogens is 3. The molecule has 1 spiro atoms. The van der Waals surface area contributed by atoms with E-state index in [9.17, 15) is 24.3 Å². The highest BCUT2D eigenvalue weighted by atomic mass is 32.1. The molecule has 19 nitrogen and oxygen atoms in total. The minimum atomic E-state index is -0.948. The number of aliphatic hydroxyl groups excluding tert-OH is 1. The number of benzene rings is 2. The normalized spacial score (nSPS) is 24.2. The van der Waals surface area contributed by atoms with Gasteiger partial charge < -0.3 is 55.4 Å². The summed E-state index contributed by atoms with van der Waals surface area (Å²) in [5, 5.41) is 23.3. The van der Waals surface area contributed by atoms with Gasteiger partial charge in [-0.15, -0.1) is 11.3 Å². The molecule has 5 aliphatic heterocycles. The van der Waals surface area contributed by atoms with Gasteiger partial charge in [-0.25, -0.2) is 23.7 Å². The zero-order chi connectivity index (χ0) is 59.5. The van der Waals surface area contributed by atoms with E-state index in [4.69, 9.17) is 9.47 Å². The Morgan fingerprint density at radius 2 is 1.61 bits per heavy atom. The van der Waals surface area contributed by atoms with Crippen molar-refractivity contribution in [3.63, 3.8) is 0 Å². The Labute approximate surface area is 497 Å². The summed E-state index contributed by atoms with van der Waals surface area (Å²) < 4.78 is 43.5. The van der Waals surface area contributed by atoms with Crippen molar-refractivity contribution in [1.29, 1.82) is 0 Å². The number of piperidine rings is 2. The van der Waals surface area contributed by atoms with Crippen molar-refractivity contribution in [2.75, 3.05) is 107 Å². The number of carbonyl (C=O) groups is 4. The molecule has 84 heavy (non-hydrogen) atoms. The van der Waals surface area contributed by atoms with E-state index in [1.807, 2.05) is 70.5 Å². The first-order valence-corrected chi connectivity index (χ1v) is 31.0. The van der Waals surface area contributed by atoms with Crippen LogP contribution >= 0.6 is 11.3 Å². The van der Waals surface area contributed by atoms with E-state index < -0.39 is 52.6 Å². The number of nitrogens with one attached hydrogen (secondary N) is 4. The number of hydrogen-bond donors (Lipinski definition) is 5. The number of nitrogens with zero attached hydrogens (tertiary/aromatic N) is 8. The lowest BCUT2D eigenvalue weighted by atomic mass is 9.82. The smallest absolute Gasteiger partial charge is 0.246 e. The predicted molar refractivity (Wildman–Crippen MR) is 319 cm³/mol. The highest BCUT2D eigenvalue weighted by Crippen LogP contribution is 2.40. The highest BCUT2D eigenvalue weighted by molar-refractivity contribution is 7.13. The molecule has 6 fully saturated rings. The fourth-order valence-corrected chi connectivity index (χ4v) is 14.1. The van der Waals surface area contributed by atoms with Gasteiger partial charge in [0.1, 0.15) is 48.3 Å². The molecule has 6 aliphatic rings. The first kappa shape index (κ1) is 61.2. The number of hydrogen-bond acceptors (Lipinski definition) is 16. The Balaban J connectivity index is 0.608. The number of thiazole rings is 1. The van der Waals surface area contributed by atoms with Gasteiger partial charge in [-0.1, -0.05) is 58.9 Å². The maximum Gasteiger partial charge on any atom is 0.246 e. The summed E-state index contributed by atoms with van der Waals surface area (Å²) >= 11 is 1.58. The van der Waals surface area contributed by atoms with Crippen LogP contribution in [-0.4, -0.2) is 180 Å². The van der Waals surface area contributed by atoms with Crippen molar-refractivity contribution >= 4 is 52.3 Å². The number of aryl methyl sites for hydroxylation is 1. The number of ether oxygens (including phenoxy) is 2. The minimum absolute atomic E-state index is 0.00821. The summed E-state index contributed by atoms with van der Waals surface area (Å²) in [6.07, 6.45) is 5.67. The topological polar surface area (TPSA) is 210 Å². The third-order valence-electron chi connectivity index (χ3n) is 18.4. The summed E-state index contributed by atoms with van der Waals surface area (Å²) in [5.41, 5.74) is 4.20. The van der Waals surface area contributed by atoms with Gasteiger partial charge in [-0.05, 0) is 105 Å². The van der Waals surface area contributed by atoms with Gasteiger partial charge in [-0.3, -0.25) is 24.1 Å². The van der Waals surface area contributed by atoms with E-state index in [1.54, 1.807) is 16.2 Å². The molecule has 456 valence electrons. The van der Waals surface area contributed by atoms with Gasteiger partial charge in [0, 0.05) is 83.0 Å². The van der Waals surface area contributed by atoms with E-state index in [2.05, 4.69) is 64.8 Å². The number of aliphatic hydroxyl groups is 1. The molecule has 2 aromatic heterocycles. The number of carbonyl (C=O) groups excluding carboxylic acids is 4. The first-order chi connectivity index (χ1) is 40.1. The van der Waals surface area contributed by atoms with Crippen LogP contribution in [-0.2, 0) is 35.2 Å². The fraction of sp³-hybridized carbons (Fsp3) is 0.629. The van der Waals surface area contributed by atoms with E-state index >= 15 is 8.78 Å². The molecule has 1 saturated carbocycles. The second kappa shape index (κ2) is 26.0. The van der Waals surface area contributed by atoms with Gasteiger partial charge in [-0.2, -0.15) is 0 Å². The maximum atomic E-state index is 15.7. The standard InChI is InChI=1S/C62H86F2N12O7S/c1-39(41-8-10-42(11-9-41)56-40(2)68-38-84-56)69-58(80)51-27-46(77)33-76(51)59(81)57(60(3,4)5)70-55(79)35-83-47-24-43-30-73(31-44(43)25-47)21-23-82-22-16-65-52-29-53(67-37-66-52)74-19-14-62(15-20-74)36-75(34-54(78)71-62)50-28-48(63)45(26-49(50)64)32-72-17-12-61(6,7)13-18-72/h8-11,26,28-29,37-39,43-44,46-47,51,57,77H,12-25,27,30-36H2,1-7H3,(H,69,80)(H,70,79)(H,71,78)(H,65,66,67)/t39-,43-,44+,46+,47?,51-,57+/m0/s1. The quantitative estimate of drug-likeness (QED) is 0.0615. The van der Waals surface area contributed by atoms with E-state index in [0.29, 0.717) is 82.0 Å². The van der Waals surface area contributed by atoms with Crippen molar-refractivity contribution in [3.05, 3.63) is 82.8 Å². The van der Waals surface area contributed by atoms with Crippen LogP contribution in [0.3, 0.4) is 0 Å². The number of halogens is 2. The number of amides is 4. The van der Waals surface area contributed by atoms with E-state index in [1.165, 1.54) is 23.4 Å². The van der Waals surface area contributed by atoms with Crippen LogP contribution in [0.2, 0.25) is 0 Å². The highest BCUT2D eigenvalue weighted by Gasteiger charge is 2.46. The molecule has 1 aliphatic carbocycles. The van der Waals surface area contributed by atoms with Crippen LogP contribution in [0.5, 0.6) is 0 Å². The average Bonchev–Trinajstić information content (AvgIpc) is 1.98. The third-order valence-corrected chi connectivity index (χ3v) is 19.4. The fourth-order valence-electron chi connectivity index (χ4n) is 13.3. The molecule has 4 amide bonds. The molecular weight excluding hydrogens is 1090 g/mol. The van der Waals surface area contributed by atoms with Gasteiger partial charge in [0.25, 0.3) is 0 Å². The zero-order valence-electron chi connectivity index (χ0n) is 49.9. The molecular formula is C62H86F2N12O7S. The van der Waals surface area contributed by atoms with Crippen LogP contribution in [0, 0.1) is 41.2 Å². The summed E-state index contributed by atoms with van der Waals surface area (Å²) in [6, 6.07) is 10.3. The van der Waals surface area contributed by atoms with Gasteiger partial charge >= 0.3 is 0 Å². The van der Waals surface area contributed by atoms with E-state index in [0.717, 1.165) is 85.9 Å². The Morgan fingerprint density at radius 3 is 2.30 bits per heavy atom. The summed E-state index contributed by atoms with van der Waals surface area (Å²) in [5.74, 6) is 0.0359. The third kappa shape index (κ3) is 14.8. The SMILES string of the molecule is Cc1ncsc1-c1ccc([C@H](C)NC(=O)[C@@H]2C[C@@H](O)CN2C(=O)[C@@H](NC(=O)COC2C[C@@H]3CN(CCOCCNc4cc(N5CCC6(CC5)CN(c5cc(F)c(CN7CCC(C)(C)CC7)cc5F)CC(=O)N6)ncn4)C[C@@H]3C2)C(C)(C)C)cc1. The second-order valence-corrected chi connectivity index (χ2v) is 27.2. The number of β-amino-alcohol motifs (C(OH)–C–C–N with tert-alkyl or cyclic N) is 1. The zero-order valence-corrected chi connectivity index (χ0v) is 50.7. The monoisotopic (exact) mass is 1180 g/mol.